The Morgan fingerprint density at radius 3 is 2.67 bits per heavy atom. The Balaban J connectivity index is 1.89. The average molecular weight is 203 g/mol. The quantitative estimate of drug-likeness (QED) is 0.799. The van der Waals surface area contributed by atoms with Gasteiger partial charge < -0.3 is 5.73 Å². The maximum absolute atomic E-state index is 6.08. The summed E-state index contributed by atoms with van der Waals surface area (Å²) in [4.78, 5) is 0. The smallest absolute Gasteiger partial charge is 0.0155 e. The van der Waals surface area contributed by atoms with E-state index in [4.69, 9.17) is 5.73 Å². The number of rotatable bonds is 4. The first-order valence-electron chi connectivity index (χ1n) is 5.94. The second kappa shape index (κ2) is 3.97. The van der Waals surface area contributed by atoms with Gasteiger partial charge in [0.05, 0.1) is 0 Å². The minimum absolute atomic E-state index is 0.220. The molecule has 0 unspecified atom stereocenters. The molecule has 0 saturated heterocycles. The molecule has 0 bridgehead atoms. The molecular formula is C14H21N. The molecular weight excluding hydrogens is 182 g/mol. The van der Waals surface area contributed by atoms with E-state index in [1.807, 2.05) is 0 Å². The van der Waals surface area contributed by atoms with Crippen LogP contribution in [0.15, 0.2) is 18.2 Å². The van der Waals surface area contributed by atoms with Crippen LogP contribution in [0.5, 0.6) is 0 Å². The fourth-order valence-corrected chi connectivity index (χ4v) is 2.11. The van der Waals surface area contributed by atoms with Gasteiger partial charge in [-0.1, -0.05) is 23.8 Å². The van der Waals surface area contributed by atoms with Crippen LogP contribution in [0.3, 0.4) is 0 Å². The zero-order chi connectivity index (χ0) is 10.9. The van der Waals surface area contributed by atoms with Gasteiger partial charge in [0.25, 0.3) is 0 Å². The van der Waals surface area contributed by atoms with Crippen molar-refractivity contribution in [2.75, 3.05) is 0 Å². The molecule has 1 aromatic rings. The van der Waals surface area contributed by atoms with Crippen molar-refractivity contribution in [3.8, 4) is 0 Å². The van der Waals surface area contributed by atoms with Gasteiger partial charge in [0, 0.05) is 5.54 Å². The van der Waals surface area contributed by atoms with E-state index < -0.39 is 0 Å². The van der Waals surface area contributed by atoms with Crippen LogP contribution in [0.25, 0.3) is 0 Å². The highest BCUT2D eigenvalue weighted by atomic mass is 14.8. The van der Waals surface area contributed by atoms with E-state index in [9.17, 15) is 0 Å². The van der Waals surface area contributed by atoms with Gasteiger partial charge in [-0.15, -0.1) is 0 Å². The lowest BCUT2D eigenvalue weighted by molar-refractivity contribution is 0.575. The standard InChI is InChI=1S/C14H21N/c1-11-5-6-12(2)13(10-11)4-3-7-14(15)8-9-14/h5-6,10H,3-4,7-9,15H2,1-2H3. The molecule has 0 spiro atoms. The Kier molecular flexibility index (Phi) is 2.83. The average Bonchev–Trinajstić information content (AvgIpc) is 2.90. The molecule has 0 atom stereocenters. The van der Waals surface area contributed by atoms with Crippen molar-refractivity contribution >= 4 is 0 Å². The third-order valence-corrected chi connectivity index (χ3v) is 3.52. The highest BCUT2D eigenvalue weighted by Crippen LogP contribution is 2.36. The molecule has 1 aliphatic rings. The monoisotopic (exact) mass is 203 g/mol. The number of hydrogen-bond acceptors (Lipinski definition) is 1. The third kappa shape index (κ3) is 2.82. The van der Waals surface area contributed by atoms with Crippen molar-refractivity contribution in [1.29, 1.82) is 0 Å². The summed E-state index contributed by atoms with van der Waals surface area (Å²) >= 11 is 0. The van der Waals surface area contributed by atoms with Crippen LogP contribution in [0, 0.1) is 13.8 Å². The summed E-state index contributed by atoms with van der Waals surface area (Å²) in [5, 5.41) is 0. The van der Waals surface area contributed by atoms with Crippen LogP contribution in [-0.2, 0) is 6.42 Å². The molecule has 1 fully saturated rings. The van der Waals surface area contributed by atoms with Crippen molar-refractivity contribution < 1.29 is 0 Å². The fraction of sp³-hybridized carbons (Fsp3) is 0.571. The van der Waals surface area contributed by atoms with Crippen molar-refractivity contribution in [2.45, 2.75) is 51.5 Å². The van der Waals surface area contributed by atoms with Crippen LogP contribution in [0.4, 0.5) is 0 Å². The zero-order valence-corrected chi connectivity index (χ0v) is 9.84. The Bertz CT molecular complexity index is 350. The molecule has 1 heteroatoms. The van der Waals surface area contributed by atoms with E-state index in [0.29, 0.717) is 0 Å². The van der Waals surface area contributed by atoms with Crippen molar-refractivity contribution in [3.63, 3.8) is 0 Å². The van der Waals surface area contributed by atoms with Crippen molar-refractivity contribution in [2.24, 2.45) is 5.73 Å². The molecule has 1 saturated carbocycles. The second-order valence-corrected chi connectivity index (χ2v) is 5.15. The van der Waals surface area contributed by atoms with Crippen LogP contribution in [0.1, 0.15) is 42.4 Å². The summed E-state index contributed by atoms with van der Waals surface area (Å²) in [7, 11) is 0. The summed E-state index contributed by atoms with van der Waals surface area (Å²) in [6.45, 7) is 4.36. The summed E-state index contributed by atoms with van der Waals surface area (Å²) in [6.07, 6.45) is 6.09. The maximum atomic E-state index is 6.08. The molecule has 1 aromatic carbocycles. The lowest BCUT2D eigenvalue weighted by Crippen LogP contribution is -2.21. The number of benzene rings is 1. The molecule has 0 aliphatic heterocycles. The van der Waals surface area contributed by atoms with E-state index in [1.165, 1.54) is 48.8 Å². The van der Waals surface area contributed by atoms with E-state index in [0.717, 1.165) is 0 Å². The molecule has 0 radical (unpaired) electrons. The van der Waals surface area contributed by atoms with Crippen LogP contribution in [0.2, 0.25) is 0 Å². The first-order valence-corrected chi connectivity index (χ1v) is 5.94. The minimum Gasteiger partial charge on any atom is -0.325 e. The molecule has 2 N–H and O–H groups in total. The largest absolute Gasteiger partial charge is 0.325 e. The van der Waals surface area contributed by atoms with Gasteiger partial charge in [-0.05, 0) is 57.1 Å². The van der Waals surface area contributed by atoms with Gasteiger partial charge in [-0.2, -0.15) is 0 Å². The summed E-state index contributed by atoms with van der Waals surface area (Å²) in [5.74, 6) is 0. The van der Waals surface area contributed by atoms with E-state index in [1.54, 1.807) is 0 Å². The van der Waals surface area contributed by atoms with E-state index >= 15 is 0 Å². The molecule has 15 heavy (non-hydrogen) atoms. The van der Waals surface area contributed by atoms with Crippen molar-refractivity contribution in [3.05, 3.63) is 34.9 Å². The number of hydrogen-bond donors (Lipinski definition) is 1. The van der Waals surface area contributed by atoms with E-state index in [-0.39, 0.29) is 5.54 Å². The van der Waals surface area contributed by atoms with Gasteiger partial charge >= 0.3 is 0 Å². The first-order chi connectivity index (χ1) is 7.09. The maximum Gasteiger partial charge on any atom is 0.0155 e. The topological polar surface area (TPSA) is 26.0 Å². The van der Waals surface area contributed by atoms with Gasteiger partial charge in [0.2, 0.25) is 0 Å². The van der Waals surface area contributed by atoms with Crippen LogP contribution in [-0.4, -0.2) is 5.54 Å². The molecule has 0 heterocycles. The van der Waals surface area contributed by atoms with Gasteiger partial charge in [-0.3, -0.25) is 0 Å². The Hall–Kier alpha value is -0.820. The predicted molar refractivity (Wildman–Crippen MR) is 65.0 cm³/mol. The molecule has 0 amide bonds. The third-order valence-electron chi connectivity index (χ3n) is 3.52. The van der Waals surface area contributed by atoms with Crippen LogP contribution < -0.4 is 5.73 Å². The molecule has 2 rings (SSSR count). The fourth-order valence-electron chi connectivity index (χ4n) is 2.11. The highest BCUT2D eigenvalue weighted by molar-refractivity contribution is 5.30. The Morgan fingerprint density at radius 1 is 1.27 bits per heavy atom. The van der Waals surface area contributed by atoms with E-state index in [2.05, 4.69) is 32.0 Å². The minimum atomic E-state index is 0.220. The highest BCUT2D eigenvalue weighted by Gasteiger charge is 2.36. The number of aryl methyl sites for hydroxylation is 3. The predicted octanol–water partition coefficient (Wildman–Crippen LogP) is 3.12. The Labute approximate surface area is 92.7 Å². The van der Waals surface area contributed by atoms with Gasteiger partial charge in [0.1, 0.15) is 0 Å². The van der Waals surface area contributed by atoms with Gasteiger partial charge in [-0.25, -0.2) is 0 Å². The summed E-state index contributed by atoms with van der Waals surface area (Å²) in [5.41, 5.74) is 10.6. The molecule has 1 aliphatic carbocycles. The number of nitrogens with two attached hydrogens (primary N) is 1. The Morgan fingerprint density at radius 2 is 2.00 bits per heavy atom. The SMILES string of the molecule is Cc1ccc(C)c(CCCC2(N)CC2)c1. The molecule has 82 valence electrons. The lowest BCUT2D eigenvalue weighted by atomic mass is 9.99. The molecule has 0 aromatic heterocycles. The van der Waals surface area contributed by atoms with Gasteiger partial charge in [0.15, 0.2) is 0 Å². The summed E-state index contributed by atoms with van der Waals surface area (Å²) < 4.78 is 0. The lowest BCUT2D eigenvalue weighted by Gasteiger charge is -2.10. The van der Waals surface area contributed by atoms with Crippen LogP contribution >= 0.6 is 0 Å². The zero-order valence-electron chi connectivity index (χ0n) is 9.84. The van der Waals surface area contributed by atoms with Crippen molar-refractivity contribution in [1.82, 2.24) is 0 Å². The first kappa shape index (κ1) is 10.7. The normalized spacial score (nSPS) is 17.8. The second-order valence-electron chi connectivity index (χ2n) is 5.15. The summed E-state index contributed by atoms with van der Waals surface area (Å²) in [6, 6.07) is 6.72. The molecule has 1 nitrogen and oxygen atoms in total.